The average molecular weight is 357 g/mol. The smallest absolute Gasteiger partial charge is 0.336 e. The molecule has 0 fully saturated rings. The lowest BCUT2D eigenvalue weighted by molar-refractivity contribution is -0.386. The van der Waals surface area contributed by atoms with Crippen molar-refractivity contribution in [3.8, 4) is 17.2 Å². The van der Waals surface area contributed by atoms with Gasteiger partial charge in [0, 0.05) is 23.1 Å². The van der Waals surface area contributed by atoms with Gasteiger partial charge in [0.25, 0.3) is 0 Å². The van der Waals surface area contributed by atoms with Gasteiger partial charge in [-0.2, -0.15) is 0 Å². The minimum Gasteiger partial charge on any atom is -0.497 e. The van der Waals surface area contributed by atoms with Crippen molar-refractivity contribution in [2.24, 2.45) is 0 Å². The minimum absolute atomic E-state index is 0.0401. The van der Waals surface area contributed by atoms with Crippen LogP contribution in [-0.2, 0) is 6.61 Å². The van der Waals surface area contributed by atoms with E-state index in [1.54, 1.807) is 24.3 Å². The number of nitro benzene ring substituents is 1. The van der Waals surface area contributed by atoms with E-state index in [0.29, 0.717) is 28.0 Å². The zero-order valence-corrected chi connectivity index (χ0v) is 14.1. The number of hydrogen-bond acceptors (Lipinski definition) is 7. The fourth-order valence-corrected chi connectivity index (χ4v) is 2.50. The van der Waals surface area contributed by atoms with Gasteiger partial charge in [-0.05, 0) is 24.3 Å². The van der Waals surface area contributed by atoms with Crippen molar-refractivity contribution in [3.63, 3.8) is 0 Å². The molecular formula is C18H15NO7. The number of hydrogen-bond donors (Lipinski definition) is 0. The Morgan fingerprint density at radius 1 is 1.04 bits per heavy atom. The number of nitro groups is 1. The maximum atomic E-state index is 11.8. The van der Waals surface area contributed by atoms with Gasteiger partial charge < -0.3 is 18.6 Å². The molecule has 3 rings (SSSR count). The zero-order chi connectivity index (χ0) is 18.7. The fraction of sp³-hybridized carbons (Fsp3) is 0.167. The Balaban J connectivity index is 1.95. The molecule has 1 heterocycles. The van der Waals surface area contributed by atoms with Crippen LogP contribution >= 0.6 is 0 Å². The van der Waals surface area contributed by atoms with Gasteiger partial charge >= 0.3 is 11.3 Å². The van der Waals surface area contributed by atoms with Crippen molar-refractivity contribution in [1.82, 2.24) is 0 Å². The van der Waals surface area contributed by atoms with E-state index in [1.165, 1.54) is 32.4 Å². The van der Waals surface area contributed by atoms with Crippen LogP contribution in [0.2, 0.25) is 0 Å². The van der Waals surface area contributed by atoms with E-state index in [4.69, 9.17) is 18.6 Å². The first-order chi connectivity index (χ1) is 12.5. The van der Waals surface area contributed by atoms with Crippen LogP contribution in [0.4, 0.5) is 5.69 Å². The summed E-state index contributed by atoms with van der Waals surface area (Å²) in [5.74, 6) is 0.970. The lowest BCUT2D eigenvalue weighted by atomic mass is 10.1. The Morgan fingerprint density at radius 3 is 2.42 bits per heavy atom. The maximum absolute atomic E-state index is 11.8. The first-order valence-electron chi connectivity index (χ1n) is 7.58. The van der Waals surface area contributed by atoms with Gasteiger partial charge in [0.15, 0.2) is 5.75 Å². The Bertz CT molecular complexity index is 1030. The van der Waals surface area contributed by atoms with E-state index < -0.39 is 10.5 Å². The third-order valence-electron chi connectivity index (χ3n) is 3.78. The quantitative estimate of drug-likeness (QED) is 0.379. The minimum atomic E-state index is -0.555. The van der Waals surface area contributed by atoms with Crippen molar-refractivity contribution in [3.05, 3.63) is 68.6 Å². The molecule has 0 aliphatic rings. The molecule has 0 spiro atoms. The topological polar surface area (TPSA) is 101 Å². The summed E-state index contributed by atoms with van der Waals surface area (Å²) in [4.78, 5) is 22.5. The monoisotopic (exact) mass is 357 g/mol. The van der Waals surface area contributed by atoms with Crippen LogP contribution in [0.5, 0.6) is 17.2 Å². The highest BCUT2D eigenvalue weighted by Gasteiger charge is 2.17. The van der Waals surface area contributed by atoms with Gasteiger partial charge in [0.2, 0.25) is 0 Å². The largest absolute Gasteiger partial charge is 0.497 e. The highest BCUT2D eigenvalue weighted by molar-refractivity contribution is 5.81. The van der Waals surface area contributed by atoms with Crippen molar-refractivity contribution < 1.29 is 23.6 Å². The number of benzene rings is 2. The van der Waals surface area contributed by atoms with E-state index in [1.807, 2.05) is 0 Å². The Labute approximate surface area is 147 Å². The van der Waals surface area contributed by atoms with E-state index in [9.17, 15) is 14.9 Å². The van der Waals surface area contributed by atoms with E-state index in [0.717, 1.165) is 0 Å². The lowest BCUT2D eigenvalue weighted by Crippen LogP contribution is -2.05. The highest BCUT2D eigenvalue weighted by atomic mass is 16.6. The summed E-state index contributed by atoms with van der Waals surface area (Å²) in [6.07, 6.45) is 0. The number of methoxy groups -OCH3 is 2. The summed E-state index contributed by atoms with van der Waals surface area (Å²) in [7, 11) is 2.93. The van der Waals surface area contributed by atoms with Gasteiger partial charge in [-0.15, -0.1) is 0 Å². The first kappa shape index (κ1) is 17.3. The molecule has 2 aromatic carbocycles. The van der Waals surface area contributed by atoms with Gasteiger partial charge in [0.1, 0.15) is 23.7 Å². The van der Waals surface area contributed by atoms with E-state index in [2.05, 4.69) is 0 Å². The number of nitrogens with zero attached hydrogens (tertiary/aromatic N) is 1. The standard InChI is InChI=1S/C18H15NO7/c1-23-12-4-6-16(15(8-12)19(21)22)25-10-11-7-18(20)26-17-9-13(24-2)3-5-14(11)17/h3-9H,10H2,1-2H3. The third-order valence-corrected chi connectivity index (χ3v) is 3.78. The summed E-state index contributed by atoms with van der Waals surface area (Å²) in [5.41, 5.74) is 0.121. The molecule has 0 saturated carbocycles. The molecule has 1 aromatic heterocycles. The molecule has 0 bridgehead atoms. The van der Waals surface area contributed by atoms with Gasteiger partial charge in [-0.3, -0.25) is 10.1 Å². The molecule has 8 nitrogen and oxygen atoms in total. The normalized spacial score (nSPS) is 10.5. The molecule has 0 aliphatic heterocycles. The van der Waals surface area contributed by atoms with Crippen LogP contribution in [0.3, 0.4) is 0 Å². The Kier molecular flexibility index (Phi) is 4.74. The van der Waals surface area contributed by atoms with Crippen LogP contribution in [0, 0.1) is 10.1 Å². The molecule has 0 unspecified atom stereocenters. The third kappa shape index (κ3) is 3.44. The first-order valence-corrected chi connectivity index (χ1v) is 7.58. The predicted octanol–water partition coefficient (Wildman–Crippen LogP) is 3.30. The molecule has 3 aromatic rings. The summed E-state index contributed by atoms with van der Waals surface area (Å²) < 4.78 is 20.9. The Hall–Kier alpha value is -3.55. The Morgan fingerprint density at radius 2 is 1.73 bits per heavy atom. The van der Waals surface area contributed by atoms with Gasteiger partial charge in [0.05, 0.1) is 25.2 Å². The van der Waals surface area contributed by atoms with Crippen LogP contribution in [0.15, 0.2) is 51.7 Å². The summed E-state index contributed by atoms with van der Waals surface area (Å²) in [5, 5.41) is 11.9. The molecule has 8 heteroatoms. The van der Waals surface area contributed by atoms with Crippen molar-refractivity contribution >= 4 is 16.7 Å². The van der Waals surface area contributed by atoms with E-state index in [-0.39, 0.29) is 18.0 Å². The second-order valence-electron chi connectivity index (χ2n) is 5.33. The summed E-state index contributed by atoms with van der Waals surface area (Å²) in [6, 6.07) is 10.6. The van der Waals surface area contributed by atoms with Crippen LogP contribution in [-0.4, -0.2) is 19.1 Å². The van der Waals surface area contributed by atoms with Crippen LogP contribution in [0.1, 0.15) is 5.56 Å². The van der Waals surface area contributed by atoms with Crippen molar-refractivity contribution in [2.75, 3.05) is 14.2 Å². The second kappa shape index (κ2) is 7.14. The summed E-state index contributed by atoms with van der Waals surface area (Å²) in [6.45, 7) is -0.0401. The van der Waals surface area contributed by atoms with Crippen LogP contribution in [0.25, 0.3) is 11.0 Å². The highest BCUT2D eigenvalue weighted by Crippen LogP contribution is 2.32. The molecule has 26 heavy (non-hydrogen) atoms. The predicted molar refractivity (Wildman–Crippen MR) is 93.0 cm³/mol. The zero-order valence-electron chi connectivity index (χ0n) is 14.1. The molecule has 0 radical (unpaired) electrons. The second-order valence-corrected chi connectivity index (χ2v) is 5.33. The average Bonchev–Trinajstić information content (AvgIpc) is 2.65. The fourth-order valence-electron chi connectivity index (χ4n) is 2.50. The van der Waals surface area contributed by atoms with Crippen molar-refractivity contribution in [1.29, 1.82) is 0 Å². The molecular weight excluding hydrogens is 342 g/mol. The molecule has 0 atom stereocenters. The SMILES string of the molecule is COc1ccc(OCc2cc(=O)oc3cc(OC)ccc23)c([N+](=O)[O-])c1. The van der Waals surface area contributed by atoms with E-state index >= 15 is 0 Å². The van der Waals surface area contributed by atoms with Gasteiger partial charge in [-0.1, -0.05) is 0 Å². The molecule has 0 aliphatic carbocycles. The molecule has 0 N–H and O–H groups in total. The number of ether oxygens (including phenoxy) is 3. The van der Waals surface area contributed by atoms with Crippen molar-refractivity contribution in [2.45, 2.75) is 6.61 Å². The number of fused-ring (bicyclic) bond motifs is 1. The molecule has 0 amide bonds. The molecule has 134 valence electrons. The lowest BCUT2D eigenvalue weighted by Gasteiger charge is -2.10. The van der Waals surface area contributed by atoms with Crippen LogP contribution < -0.4 is 19.8 Å². The van der Waals surface area contributed by atoms with Gasteiger partial charge in [-0.25, -0.2) is 4.79 Å². The number of rotatable bonds is 6. The summed E-state index contributed by atoms with van der Waals surface area (Å²) >= 11 is 0. The maximum Gasteiger partial charge on any atom is 0.336 e. The molecule has 0 saturated heterocycles.